The van der Waals surface area contributed by atoms with Crippen molar-refractivity contribution in [3.8, 4) is 11.6 Å². The molecule has 0 fully saturated rings. The normalized spacial score (nSPS) is 11.4. The average molecular weight is 451 g/mol. The Morgan fingerprint density at radius 1 is 1.19 bits per heavy atom. The van der Waals surface area contributed by atoms with Crippen molar-refractivity contribution in [2.75, 3.05) is 4.72 Å². The number of aromatic nitrogens is 2. The molecule has 3 aromatic rings. The molecule has 0 spiro atoms. The molecule has 0 aliphatic heterocycles. The Hall–Kier alpha value is -1.58. The minimum absolute atomic E-state index is 0.0199. The second kappa shape index (κ2) is 7.58. The Labute approximate surface area is 168 Å². The molecule has 0 aliphatic rings. The lowest BCUT2D eigenvalue weighted by molar-refractivity contribution is 0.459. The first kappa shape index (κ1) is 19.2. The standard InChI is InChI=1S/C15H10Cl3N3O3S2/c1-8-11(3-2-4-19-8)24-15-10(5-9(16)7-20-15)21-26(22,23)12-6-13(17)25-14(12)18/h2-7,21H,1H3. The smallest absolute Gasteiger partial charge is 0.264 e. The summed E-state index contributed by atoms with van der Waals surface area (Å²) in [5.74, 6) is 0.450. The van der Waals surface area contributed by atoms with Crippen molar-refractivity contribution in [3.63, 3.8) is 0 Å². The highest BCUT2D eigenvalue weighted by Gasteiger charge is 2.23. The van der Waals surface area contributed by atoms with Crippen molar-refractivity contribution < 1.29 is 13.2 Å². The number of rotatable bonds is 5. The number of pyridine rings is 2. The molecule has 0 saturated heterocycles. The van der Waals surface area contributed by atoms with Gasteiger partial charge in [0.25, 0.3) is 10.0 Å². The van der Waals surface area contributed by atoms with Crippen LogP contribution in [-0.4, -0.2) is 18.4 Å². The highest BCUT2D eigenvalue weighted by molar-refractivity contribution is 7.93. The Bertz CT molecular complexity index is 1070. The molecule has 0 amide bonds. The van der Waals surface area contributed by atoms with Gasteiger partial charge in [-0.2, -0.15) is 0 Å². The van der Waals surface area contributed by atoms with E-state index < -0.39 is 10.0 Å². The highest BCUT2D eigenvalue weighted by Crippen LogP contribution is 2.37. The van der Waals surface area contributed by atoms with Crippen molar-refractivity contribution in [1.82, 2.24) is 9.97 Å². The molecule has 3 aromatic heterocycles. The van der Waals surface area contributed by atoms with Crippen LogP contribution in [0.3, 0.4) is 0 Å². The van der Waals surface area contributed by atoms with Gasteiger partial charge in [0.1, 0.15) is 14.9 Å². The molecule has 0 bridgehead atoms. The van der Waals surface area contributed by atoms with Crippen molar-refractivity contribution in [1.29, 1.82) is 0 Å². The van der Waals surface area contributed by atoms with Crippen LogP contribution < -0.4 is 9.46 Å². The average Bonchev–Trinajstić information content (AvgIpc) is 2.91. The minimum atomic E-state index is -4.02. The van der Waals surface area contributed by atoms with E-state index >= 15 is 0 Å². The number of ether oxygens (including phenoxy) is 1. The molecule has 3 rings (SSSR count). The van der Waals surface area contributed by atoms with E-state index in [1.807, 2.05) is 0 Å². The van der Waals surface area contributed by atoms with E-state index in [1.165, 1.54) is 18.3 Å². The zero-order chi connectivity index (χ0) is 18.9. The van der Waals surface area contributed by atoms with Crippen molar-refractivity contribution >= 4 is 61.9 Å². The number of hydrogen-bond acceptors (Lipinski definition) is 6. The molecule has 0 atom stereocenters. The summed E-state index contributed by atoms with van der Waals surface area (Å²) in [6.45, 7) is 1.75. The van der Waals surface area contributed by atoms with Gasteiger partial charge in [-0.3, -0.25) is 9.71 Å². The fraction of sp³-hybridized carbons (Fsp3) is 0.0667. The molecule has 0 aromatic carbocycles. The van der Waals surface area contributed by atoms with Gasteiger partial charge in [0.15, 0.2) is 5.75 Å². The summed E-state index contributed by atoms with van der Waals surface area (Å²) in [6.07, 6.45) is 2.96. The number of sulfonamides is 1. The molecule has 26 heavy (non-hydrogen) atoms. The Morgan fingerprint density at radius 3 is 2.62 bits per heavy atom. The maximum atomic E-state index is 12.6. The Morgan fingerprint density at radius 2 is 1.96 bits per heavy atom. The number of hydrogen-bond donors (Lipinski definition) is 1. The molecule has 6 nitrogen and oxygen atoms in total. The highest BCUT2D eigenvalue weighted by atomic mass is 35.5. The first-order chi connectivity index (χ1) is 12.3. The third kappa shape index (κ3) is 4.21. The first-order valence-electron chi connectivity index (χ1n) is 6.99. The van der Waals surface area contributed by atoms with E-state index in [9.17, 15) is 8.42 Å². The van der Waals surface area contributed by atoms with Crippen molar-refractivity contribution in [3.05, 3.63) is 56.0 Å². The quantitative estimate of drug-likeness (QED) is 0.563. The molecule has 0 unspecified atom stereocenters. The fourth-order valence-electron chi connectivity index (χ4n) is 1.97. The minimum Gasteiger partial charge on any atom is -0.435 e. The lowest BCUT2D eigenvalue weighted by Crippen LogP contribution is -2.13. The molecule has 0 saturated carbocycles. The van der Waals surface area contributed by atoms with Crippen LogP contribution in [0.4, 0.5) is 5.69 Å². The monoisotopic (exact) mass is 449 g/mol. The van der Waals surface area contributed by atoms with Gasteiger partial charge in [-0.15, -0.1) is 11.3 Å². The molecule has 11 heteroatoms. The zero-order valence-corrected chi connectivity index (χ0v) is 16.9. The van der Waals surface area contributed by atoms with E-state index in [1.54, 1.807) is 25.3 Å². The zero-order valence-electron chi connectivity index (χ0n) is 13.0. The number of halogens is 3. The van der Waals surface area contributed by atoms with Gasteiger partial charge in [-0.1, -0.05) is 34.8 Å². The van der Waals surface area contributed by atoms with Gasteiger partial charge < -0.3 is 4.74 Å². The molecule has 0 aliphatic carbocycles. The summed E-state index contributed by atoms with van der Waals surface area (Å²) in [5, 5.41) is 0.229. The molecule has 0 radical (unpaired) electrons. The van der Waals surface area contributed by atoms with E-state index in [0.29, 0.717) is 11.4 Å². The SMILES string of the molecule is Cc1ncccc1Oc1ncc(Cl)cc1NS(=O)(=O)c1cc(Cl)sc1Cl. The van der Waals surface area contributed by atoms with Crippen LogP contribution in [0.2, 0.25) is 13.7 Å². The summed E-state index contributed by atoms with van der Waals surface area (Å²) < 4.78 is 33.6. The van der Waals surface area contributed by atoms with Gasteiger partial charge in [0, 0.05) is 12.4 Å². The van der Waals surface area contributed by atoms with Crippen LogP contribution >= 0.6 is 46.1 Å². The van der Waals surface area contributed by atoms with Crippen LogP contribution in [0.5, 0.6) is 11.6 Å². The molecule has 1 N–H and O–H groups in total. The van der Waals surface area contributed by atoms with Crippen LogP contribution in [0.15, 0.2) is 41.6 Å². The molecule has 136 valence electrons. The lowest BCUT2D eigenvalue weighted by Gasteiger charge is -2.13. The van der Waals surface area contributed by atoms with E-state index in [-0.39, 0.29) is 30.2 Å². The largest absolute Gasteiger partial charge is 0.435 e. The third-order valence-corrected chi connectivity index (χ3v) is 6.47. The predicted octanol–water partition coefficient (Wildman–Crippen LogP) is 5.40. The Balaban J connectivity index is 1.98. The van der Waals surface area contributed by atoms with Crippen molar-refractivity contribution in [2.45, 2.75) is 11.8 Å². The predicted molar refractivity (Wildman–Crippen MR) is 103 cm³/mol. The number of anilines is 1. The summed E-state index contributed by atoms with van der Waals surface area (Å²) in [5.41, 5.74) is 0.671. The maximum Gasteiger partial charge on any atom is 0.264 e. The maximum absolute atomic E-state index is 12.6. The first-order valence-corrected chi connectivity index (χ1v) is 10.4. The van der Waals surface area contributed by atoms with Gasteiger partial charge >= 0.3 is 0 Å². The van der Waals surface area contributed by atoms with Gasteiger partial charge in [-0.25, -0.2) is 13.4 Å². The van der Waals surface area contributed by atoms with Crippen molar-refractivity contribution in [2.24, 2.45) is 0 Å². The third-order valence-electron chi connectivity index (χ3n) is 3.14. The topological polar surface area (TPSA) is 81.2 Å². The van der Waals surface area contributed by atoms with Gasteiger partial charge in [0.05, 0.1) is 15.1 Å². The van der Waals surface area contributed by atoms with Crippen LogP contribution in [0, 0.1) is 6.92 Å². The number of thiophene rings is 1. The molecule has 3 heterocycles. The van der Waals surface area contributed by atoms with E-state index in [0.717, 1.165) is 11.3 Å². The second-order valence-electron chi connectivity index (χ2n) is 4.99. The summed E-state index contributed by atoms with van der Waals surface area (Å²) in [6, 6.07) is 6.03. The fourth-order valence-corrected chi connectivity index (χ4v) is 5.33. The number of nitrogens with one attached hydrogen (secondary N) is 1. The van der Waals surface area contributed by atoms with Crippen LogP contribution in [0.1, 0.15) is 5.69 Å². The van der Waals surface area contributed by atoms with Crippen LogP contribution in [-0.2, 0) is 10.0 Å². The molecular weight excluding hydrogens is 441 g/mol. The number of aryl methyl sites for hydroxylation is 1. The van der Waals surface area contributed by atoms with E-state index in [2.05, 4.69) is 14.7 Å². The summed E-state index contributed by atoms with van der Waals surface area (Å²) in [7, 11) is -4.02. The van der Waals surface area contributed by atoms with E-state index in [4.69, 9.17) is 39.5 Å². The Kier molecular flexibility index (Phi) is 5.59. The lowest BCUT2D eigenvalue weighted by atomic mass is 10.3. The van der Waals surface area contributed by atoms with Gasteiger partial charge in [0.2, 0.25) is 5.88 Å². The molecular formula is C15H10Cl3N3O3S2. The second-order valence-corrected chi connectivity index (χ2v) is 9.36. The van der Waals surface area contributed by atoms with Gasteiger partial charge in [-0.05, 0) is 31.2 Å². The number of nitrogens with zero attached hydrogens (tertiary/aromatic N) is 2. The summed E-state index contributed by atoms with van der Waals surface area (Å²) in [4.78, 5) is 8.02. The summed E-state index contributed by atoms with van der Waals surface area (Å²) >= 11 is 18.7. The van der Waals surface area contributed by atoms with Crippen LogP contribution in [0.25, 0.3) is 0 Å².